The molecule has 0 aromatic heterocycles. The van der Waals surface area contributed by atoms with Gasteiger partial charge in [-0.05, 0) is 26.1 Å². The number of amides is 2. The Bertz CT molecular complexity index is 533. The van der Waals surface area contributed by atoms with Gasteiger partial charge in [-0.15, -0.1) is 0 Å². The lowest BCUT2D eigenvalue weighted by atomic mass is 10.2. The predicted octanol–water partition coefficient (Wildman–Crippen LogP) is 0.327. The van der Waals surface area contributed by atoms with Crippen molar-refractivity contribution < 1.29 is 9.59 Å². The van der Waals surface area contributed by atoms with Crippen LogP contribution in [0.5, 0.6) is 0 Å². The SMILES string of the molecule is CCNC(=O)CN(C)CC(=O)Nc1cccc(C(N)=S)c1. The second kappa shape index (κ2) is 8.33. The fraction of sp³-hybridized carbons (Fsp3) is 0.357. The summed E-state index contributed by atoms with van der Waals surface area (Å²) in [6.45, 7) is 2.72. The van der Waals surface area contributed by atoms with Crippen LogP contribution < -0.4 is 16.4 Å². The smallest absolute Gasteiger partial charge is 0.238 e. The number of benzene rings is 1. The van der Waals surface area contributed by atoms with E-state index < -0.39 is 0 Å². The van der Waals surface area contributed by atoms with Crippen LogP contribution in [0.2, 0.25) is 0 Å². The average Bonchev–Trinajstić information content (AvgIpc) is 2.38. The van der Waals surface area contributed by atoms with Gasteiger partial charge in [0.15, 0.2) is 0 Å². The zero-order valence-electron chi connectivity index (χ0n) is 12.2. The van der Waals surface area contributed by atoms with Crippen LogP contribution in [0.4, 0.5) is 5.69 Å². The first-order chi connectivity index (χ1) is 9.92. The Balaban J connectivity index is 2.51. The number of nitrogens with one attached hydrogen (secondary N) is 2. The number of carbonyl (C=O) groups excluding carboxylic acids is 2. The molecule has 0 heterocycles. The highest BCUT2D eigenvalue weighted by Crippen LogP contribution is 2.10. The average molecular weight is 308 g/mol. The second-order valence-electron chi connectivity index (χ2n) is 4.62. The van der Waals surface area contributed by atoms with Crippen molar-refractivity contribution in [2.45, 2.75) is 6.92 Å². The number of rotatable bonds is 7. The zero-order valence-corrected chi connectivity index (χ0v) is 13.0. The second-order valence-corrected chi connectivity index (χ2v) is 5.06. The summed E-state index contributed by atoms with van der Waals surface area (Å²) >= 11 is 4.89. The van der Waals surface area contributed by atoms with Gasteiger partial charge in [0.2, 0.25) is 11.8 Å². The van der Waals surface area contributed by atoms with E-state index in [4.69, 9.17) is 18.0 Å². The van der Waals surface area contributed by atoms with Crippen LogP contribution in [0.3, 0.4) is 0 Å². The van der Waals surface area contributed by atoms with Crippen molar-refractivity contribution in [1.29, 1.82) is 0 Å². The van der Waals surface area contributed by atoms with E-state index in [1.807, 2.05) is 6.92 Å². The molecular weight excluding hydrogens is 288 g/mol. The third-order valence-corrected chi connectivity index (χ3v) is 2.87. The highest BCUT2D eigenvalue weighted by molar-refractivity contribution is 7.80. The van der Waals surface area contributed by atoms with Gasteiger partial charge in [0, 0.05) is 17.8 Å². The Morgan fingerprint density at radius 3 is 2.57 bits per heavy atom. The quantitative estimate of drug-likeness (QED) is 0.632. The van der Waals surface area contributed by atoms with Gasteiger partial charge in [-0.3, -0.25) is 14.5 Å². The lowest BCUT2D eigenvalue weighted by Gasteiger charge is -2.15. The minimum Gasteiger partial charge on any atom is -0.389 e. The van der Waals surface area contributed by atoms with Crippen molar-refractivity contribution in [2.75, 3.05) is 32.0 Å². The molecular formula is C14H20N4O2S. The van der Waals surface area contributed by atoms with Gasteiger partial charge in [-0.1, -0.05) is 24.4 Å². The van der Waals surface area contributed by atoms with Gasteiger partial charge in [-0.2, -0.15) is 0 Å². The van der Waals surface area contributed by atoms with Crippen LogP contribution in [0.1, 0.15) is 12.5 Å². The number of carbonyl (C=O) groups is 2. The Hall–Kier alpha value is -1.99. The molecule has 114 valence electrons. The number of anilines is 1. The molecule has 0 unspecified atom stereocenters. The fourth-order valence-corrected chi connectivity index (χ4v) is 1.88. The first kappa shape index (κ1) is 17.1. The zero-order chi connectivity index (χ0) is 15.8. The molecule has 0 radical (unpaired) electrons. The largest absolute Gasteiger partial charge is 0.389 e. The minimum atomic E-state index is -0.207. The third-order valence-electron chi connectivity index (χ3n) is 2.63. The van der Waals surface area contributed by atoms with E-state index in [9.17, 15) is 9.59 Å². The molecule has 1 rings (SSSR count). The van der Waals surface area contributed by atoms with E-state index in [1.54, 1.807) is 36.2 Å². The van der Waals surface area contributed by atoms with Gasteiger partial charge in [0.05, 0.1) is 13.1 Å². The van der Waals surface area contributed by atoms with Gasteiger partial charge < -0.3 is 16.4 Å². The lowest BCUT2D eigenvalue weighted by molar-refractivity contribution is -0.122. The van der Waals surface area contributed by atoms with Crippen LogP contribution in [-0.2, 0) is 9.59 Å². The molecule has 0 spiro atoms. The van der Waals surface area contributed by atoms with E-state index in [-0.39, 0.29) is 29.9 Å². The number of thiocarbonyl (C=S) groups is 1. The molecule has 0 bridgehead atoms. The summed E-state index contributed by atoms with van der Waals surface area (Å²) in [6, 6.07) is 7.01. The predicted molar refractivity (Wildman–Crippen MR) is 87.1 cm³/mol. The Labute approximate surface area is 129 Å². The highest BCUT2D eigenvalue weighted by atomic mass is 32.1. The van der Waals surface area contributed by atoms with Crippen LogP contribution in [0, 0.1) is 0 Å². The third kappa shape index (κ3) is 6.33. The number of hydrogen-bond donors (Lipinski definition) is 3. The van der Waals surface area contributed by atoms with E-state index in [0.717, 1.165) is 0 Å². The van der Waals surface area contributed by atoms with E-state index in [1.165, 1.54) is 0 Å². The minimum absolute atomic E-state index is 0.108. The summed E-state index contributed by atoms with van der Waals surface area (Å²) in [5, 5.41) is 5.42. The van der Waals surface area contributed by atoms with Crippen LogP contribution >= 0.6 is 12.2 Å². The van der Waals surface area contributed by atoms with E-state index >= 15 is 0 Å². The molecule has 0 aliphatic carbocycles. The van der Waals surface area contributed by atoms with Crippen molar-refractivity contribution in [3.8, 4) is 0 Å². The fourth-order valence-electron chi connectivity index (χ4n) is 1.75. The molecule has 0 aliphatic rings. The summed E-state index contributed by atoms with van der Waals surface area (Å²) in [5.41, 5.74) is 6.86. The molecule has 0 saturated heterocycles. The number of hydrogen-bond acceptors (Lipinski definition) is 4. The number of nitrogens with zero attached hydrogens (tertiary/aromatic N) is 1. The van der Waals surface area contributed by atoms with Crippen LogP contribution in [0.15, 0.2) is 24.3 Å². The molecule has 4 N–H and O–H groups in total. The first-order valence-corrected chi connectivity index (χ1v) is 6.98. The molecule has 0 aliphatic heterocycles. The Kier molecular flexibility index (Phi) is 6.77. The molecule has 0 saturated carbocycles. The van der Waals surface area contributed by atoms with Crippen LogP contribution in [-0.4, -0.2) is 48.4 Å². The van der Waals surface area contributed by atoms with Crippen molar-refractivity contribution in [1.82, 2.24) is 10.2 Å². The van der Waals surface area contributed by atoms with E-state index in [2.05, 4.69) is 10.6 Å². The monoisotopic (exact) mass is 308 g/mol. The Morgan fingerprint density at radius 1 is 1.29 bits per heavy atom. The van der Waals surface area contributed by atoms with Crippen molar-refractivity contribution in [3.05, 3.63) is 29.8 Å². The summed E-state index contributed by atoms with van der Waals surface area (Å²) in [5.74, 6) is -0.315. The Morgan fingerprint density at radius 2 is 1.95 bits per heavy atom. The summed E-state index contributed by atoms with van der Waals surface area (Å²) in [4.78, 5) is 25.2. The summed E-state index contributed by atoms with van der Waals surface area (Å²) in [7, 11) is 1.71. The summed E-state index contributed by atoms with van der Waals surface area (Å²) < 4.78 is 0. The topological polar surface area (TPSA) is 87.5 Å². The van der Waals surface area contributed by atoms with Crippen molar-refractivity contribution in [2.24, 2.45) is 5.73 Å². The van der Waals surface area contributed by atoms with Crippen molar-refractivity contribution >= 4 is 34.7 Å². The van der Waals surface area contributed by atoms with Gasteiger partial charge in [0.1, 0.15) is 4.99 Å². The maximum atomic E-state index is 11.9. The molecule has 1 aromatic rings. The molecule has 1 aromatic carbocycles. The molecule has 0 atom stereocenters. The number of nitrogens with two attached hydrogens (primary N) is 1. The maximum Gasteiger partial charge on any atom is 0.238 e. The maximum absolute atomic E-state index is 11.9. The standard InChI is InChI=1S/C14H20N4O2S/c1-3-16-12(19)8-18(2)9-13(20)17-11-6-4-5-10(7-11)14(15)21/h4-7H,3,8-9H2,1-2H3,(H2,15,21)(H,16,19)(H,17,20). The van der Waals surface area contributed by atoms with E-state index in [0.29, 0.717) is 17.8 Å². The molecule has 0 fully saturated rings. The molecule has 2 amide bonds. The normalized spacial score (nSPS) is 10.2. The highest BCUT2D eigenvalue weighted by Gasteiger charge is 2.10. The van der Waals surface area contributed by atoms with Gasteiger partial charge in [0.25, 0.3) is 0 Å². The molecule has 21 heavy (non-hydrogen) atoms. The van der Waals surface area contributed by atoms with Gasteiger partial charge >= 0.3 is 0 Å². The number of likely N-dealkylation sites (N-methyl/N-ethyl adjacent to an activating group) is 2. The van der Waals surface area contributed by atoms with Crippen LogP contribution in [0.25, 0.3) is 0 Å². The molecule has 7 heteroatoms. The summed E-state index contributed by atoms with van der Waals surface area (Å²) in [6.07, 6.45) is 0. The lowest BCUT2D eigenvalue weighted by Crippen LogP contribution is -2.38. The molecule has 6 nitrogen and oxygen atoms in total. The van der Waals surface area contributed by atoms with Gasteiger partial charge in [-0.25, -0.2) is 0 Å². The van der Waals surface area contributed by atoms with Crippen molar-refractivity contribution in [3.63, 3.8) is 0 Å². The first-order valence-electron chi connectivity index (χ1n) is 6.57.